The fourth-order valence-corrected chi connectivity index (χ4v) is 5.12. The van der Waals surface area contributed by atoms with Gasteiger partial charge in [-0.05, 0) is 63.5 Å². The van der Waals surface area contributed by atoms with E-state index in [-0.39, 0.29) is 12.2 Å². The van der Waals surface area contributed by atoms with Gasteiger partial charge >= 0.3 is 5.97 Å². The Kier molecular flexibility index (Phi) is 6.74. The number of hydrogen-bond acceptors (Lipinski definition) is 8. The molecule has 0 saturated carbocycles. The summed E-state index contributed by atoms with van der Waals surface area (Å²) in [4.78, 5) is 28.2. The Hall–Kier alpha value is -2.65. The first kappa shape index (κ1) is 23.1. The normalized spacial score (nSPS) is 21.2. The van der Waals surface area contributed by atoms with E-state index in [4.69, 9.17) is 35.5 Å². The van der Waals surface area contributed by atoms with Crippen LogP contribution in [-0.4, -0.2) is 52.3 Å². The molecule has 3 aromatic heterocycles. The molecule has 34 heavy (non-hydrogen) atoms. The molecule has 0 amide bonds. The van der Waals surface area contributed by atoms with E-state index >= 15 is 0 Å². The van der Waals surface area contributed by atoms with Crippen LogP contribution in [-0.2, 0) is 14.3 Å². The summed E-state index contributed by atoms with van der Waals surface area (Å²) in [6.45, 7) is 4.27. The highest BCUT2D eigenvalue weighted by atomic mass is 35.5. The standard InChI is InChI=1S/C24H30ClN5O4/c1-15-8-10-17(34-15)22-27-21(25)20-23(28-22)30(18-7-3-4-13-33-18)24(26-20)29-12-5-6-16(14-29)9-11-19(31)32-2/h8,10,16,18H,3-7,9,11-14H2,1-2H3. The fourth-order valence-electron chi connectivity index (χ4n) is 4.92. The second-order valence-corrected chi connectivity index (χ2v) is 9.45. The predicted octanol–water partition coefficient (Wildman–Crippen LogP) is 4.92. The number of piperidine rings is 1. The van der Waals surface area contributed by atoms with E-state index in [1.54, 1.807) is 0 Å². The minimum atomic E-state index is -0.165. The van der Waals surface area contributed by atoms with Gasteiger partial charge < -0.3 is 18.8 Å². The Morgan fingerprint density at radius 2 is 2.09 bits per heavy atom. The maximum Gasteiger partial charge on any atom is 0.305 e. The summed E-state index contributed by atoms with van der Waals surface area (Å²) >= 11 is 6.63. The third-order valence-electron chi connectivity index (χ3n) is 6.67. The van der Waals surface area contributed by atoms with E-state index in [2.05, 4.69) is 14.5 Å². The number of halogens is 1. The van der Waals surface area contributed by atoms with Crippen LogP contribution < -0.4 is 4.90 Å². The van der Waals surface area contributed by atoms with E-state index in [1.807, 2.05) is 19.1 Å². The molecule has 0 aliphatic carbocycles. The molecule has 5 rings (SSSR count). The van der Waals surface area contributed by atoms with Crippen molar-refractivity contribution in [3.63, 3.8) is 0 Å². The molecule has 2 atom stereocenters. The number of carbonyl (C=O) groups excluding carboxylic acids is 1. The number of nitrogens with zero attached hydrogens (tertiary/aromatic N) is 5. The molecule has 2 aliphatic heterocycles. The predicted molar refractivity (Wildman–Crippen MR) is 128 cm³/mol. The Labute approximate surface area is 203 Å². The van der Waals surface area contributed by atoms with Crippen LogP contribution in [0.15, 0.2) is 16.5 Å². The highest BCUT2D eigenvalue weighted by molar-refractivity contribution is 6.33. The van der Waals surface area contributed by atoms with Crippen LogP contribution in [0.1, 0.15) is 56.9 Å². The van der Waals surface area contributed by atoms with Crippen molar-refractivity contribution in [3.8, 4) is 11.6 Å². The number of aromatic nitrogens is 4. The summed E-state index contributed by atoms with van der Waals surface area (Å²) in [6.07, 6.45) is 6.18. The van der Waals surface area contributed by atoms with E-state index in [0.29, 0.717) is 46.8 Å². The molecule has 9 nitrogen and oxygen atoms in total. The zero-order valence-electron chi connectivity index (χ0n) is 19.6. The first-order valence-electron chi connectivity index (χ1n) is 12.0. The summed E-state index contributed by atoms with van der Waals surface area (Å²) in [5.74, 6) is 2.81. The van der Waals surface area contributed by atoms with Crippen LogP contribution in [0.3, 0.4) is 0 Å². The first-order valence-corrected chi connectivity index (χ1v) is 12.4. The molecule has 0 bridgehead atoms. The van der Waals surface area contributed by atoms with Crippen LogP contribution >= 0.6 is 11.6 Å². The number of carbonyl (C=O) groups is 1. The maximum atomic E-state index is 11.7. The van der Waals surface area contributed by atoms with Crippen LogP contribution in [0.4, 0.5) is 5.95 Å². The van der Waals surface area contributed by atoms with Crippen molar-refractivity contribution < 1.29 is 18.7 Å². The van der Waals surface area contributed by atoms with Gasteiger partial charge in [0.2, 0.25) is 5.95 Å². The molecule has 182 valence electrons. The summed E-state index contributed by atoms with van der Waals surface area (Å²) < 4.78 is 18.9. The number of rotatable bonds is 6. The van der Waals surface area contributed by atoms with E-state index in [0.717, 1.165) is 63.3 Å². The molecule has 2 fully saturated rings. The van der Waals surface area contributed by atoms with Gasteiger partial charge in [0.15, 0.2) is 22.4 Å². The van der Waals surface area contributed by atoms with Gasteiger partial charge in [-0.25, -0.2) is 15.0 Å². The zero-order chi connectivity index (χ0) is 23.7. The van der Waals surface area contributed by atoms with Crippen molar-refractivity contribution in [1.82, 2.24) is 19.5 Å². The van der Waals surface area contributed by atoms with Crippen molar-refractivity contribution in [1.29, 1.82) is 0 Å². The van der Waals surface area contributed by atoms with E-state index in [9.17, 15) is 4.79 Å². The van der Waals surface area contributed by atoms with Gasteiger partial charge in [-0.2, -0.15) is 0 Å². The second-order valence-electron chi connectivity index (χ2n) is 9.09. The van der Waals surface area contributed by atoms with Crippen molar-refractivity contribution >= 4 is 34.7 Å². The average molecular weight is 488 g/mol. The summed E-state index contributed by atoms with van der Waals surface area (Å²) in [5, 5.41) is 0.295. The number of esters is 1. The maximum absolute atomic E-state index is 11.7. The van der Waals surface area contributed by atoms with E-state index in [1.165, 1.54) is 7.11 Å². The molecular formula is C24H30ClN5O4. The molecule has 0 aromatic carbocycles. The van der Waals surface area contributed by atoms with Crippen molar-refractivity contribution in [2.24, 2.45) is 5.92 Å². The van der Waals surface area contributed by atoms with Gasteiger partial charge in [-0.1, -0.05) is 11.6 Å². The smallest absolute Gasteiger partial charge is 0.305 e. The number of anilines is 1. The van der Waals surface area contributed by atoms with Crippen molar-refractivity contribution in [2.75, 3.05) is 31.7 Å². The summed E-state index contributed by atoms with van der Waals surface area (Å²) in [5.41, 5.74) is 1.22. The Bertz CT molecular complexity index is 1170. The molecule has 0 spiro atoms. The molecular weight excluding hydrogens is 458 g/mol. The molecule has 2 aliphatic rings. The number of ether oxygens (including phenoxy) is 2. The highest BCUT2D eigenvalue weighted by Gasteiger charge is 2.31. The topological polar surface area (TPSA) is 95.5 Å². The van der Waals surface area contributed by atoms with Gasteiger partial charge in [0.1, 0.15) is 17.5 Å². The minimum absolute atomic E-state index is 0.164. The Morgan fingerprint density at radius 1 is 1.21 bits per heavy atom. The Morgan fingerprint density at radius 3 is 2.82 bits per heavy atom. The number of fused-ring (bicyclic) bond motifs is 1. The fraction of sp³-hybridized carbons (Fsp3) is 0.583. The number of aryl methyl sites for hydroxylation is 1. The number of imidazole rings is 1. The molecule has 0 radical (unpaired) electrons. The molecule has 3 aromatic rings. The minimum Gasteiger partial charge on any atom is -0.469 e. The molecule has 2 saturated heterocycles. The third kappa shape index (κ3) is 4.63. The van der Waals surface area contributed by atoms with Crippen LogP contribution in [0, 0.1) is 12.8 Å². The van der Waals surface area contributed by atoms with Gasteiger partial charge in [0.05, 0.1) is 7.11 Å². The lowest BCUT2D eigenvalue weighted by molar-refractivity contribution is -0.140. The van der Waals surface area contributed by atoms with Crippen LogP contribution in [0.5, 0.6) is 0 Å². The molecule has 5 heterocycles. The van der Waals surface area contributed by atoms with Crippen LogP contribution in [0.25, 0.3) is 22.7 Å². The average Bonchev–Trinajstić information content (AvgIpc) is 3.47. The Balaban J connectivity index is 1.54. The SMILES string of the molecule is COC(=O)CCC1CCCN(c2nc3c(Cl)nc(-c4ccc(C)o4)nc3n2C2CCCCO2)C1. The third-order valence-corrected chi connectivity index (χ3v) is 6.93. The molecule has 2 unspecified atom stereocenters. The van der Waals surface area contributed by atoms with Crippen molar-refractivity contribution in [2.45, 2.75) is 58.1 Å². The largest absolute Gasteiger partial charge is 0.469 e. The van der Waals surface area contributed by atoms with E-state index < -0.39 is 0 Å². The molecule has 0 N–H and O–H groups in total. The van der Waals surface area contributed by atoms with Gasteiger partial charge in [-0.3, -0.25) is 9.36 Å². The summed E-state index contributed by atoms with van der Waals surface area (Å²) in [7, 11) is 1.44. The lowest BCUT2D eigenvalue weighted by Gasteiger charge is -2.35. The number of furan rings is 1. The number of methoxy groups -OCH3 is 1. The van der Waals surface area contributed by atoms with Gasteiger partial charge in [0.25, 0.3) is 0 Å². The lowest BCUT2D eigenvalue weighted by atomic mass is 9.93. The first-order chi connectivity index (χ1) is 16.5. The number of hydrogen-bond donors (Lipinski definition) is 0. The summed E-state index contributed by atoms with van der Waals surface area (Å²) in [6, 6.07) is 3.73. The molecule has 10 heteroatoms. The monoisotopic (exact) mass is 487 g/mol. The van der Waals surface area contributed by atoms with Crippen LogP contribution in [0.2, 0.25) is 5.15 Å². The second kappa shape index (κ2) is 9.92. The van der Waals surface area contributed by atoms with Gasteiger partial charge in [-0.15, -0.1) is 0 Å². The zero-order valence-corrected chi connectivity index (χ0v) is 20.4. The van der Waals surface area contributed by atoms with Gasteiger partial charge in [0, 0.05) is 26.1 Å². The highest BCUT2D eigenvalue weighted by Crippen LogP contribution is 2.36. The van der Waals surface area contributed by atoms with Crippen molar-refractivity contribution in [3.05, 3.63) is 23.0 Å². The quantitative estimate of drug-likeness (QED) is 0.357. The lowest BCUT2D eigenvalue weighted by Crippen LogP contribution is -2.38.